The van der Waals surface area contributed by atoms with Gasteiger partial charge in [0.05, 0.1) is 16.5 Å². The lowest BCUT2D eigenvalue weighted by molar-refractivity contribution is 0.0850. The summed E-state index contributed by atoms with van der Waals surface area (Å²) in [6, 6.07) is 9.99. The molecule has 20 heavy (non-hydrogen) atoms. The third-order valence-electron chi connectivity index (χ3n) is 3.20. The third-order valence-corrected chi connectivity index (χ3v) is 4.30. The molecular formula is C15H9Br2FO2. The van der Waals surface area contributed by atoms with Gasteiger partial charge in [0.2, 0.25) is 0 Å². The fourth-order valence-corrected chi connectivity index (χ4v) is 2.93. The fourth-order valence-electron chi connectivity index (χ4n) is 2.20. The van der Waals surface area contributed by atoms with Crippen molar-refractivity contribution in [3.8, 4) is 5.75 Å². The quantitative estimate of drug-likeness (QED) is 0.670. The molecule has 0 aromatic heterocycles. The smallest absolute Gasteiger partial charge is 0.170 e. The average molecular weight is 400 g/mol. The largest absolute Gasteiger partial charge is 0.484 e. The van der Waals surface area contributed by atoms with Crippen LogP contribution in [0.3, 0.4) is 0 Å². The summed E-state index contributed by atoms with van der Waals surface area (Å²) in [5.74, 6) is 0.254. The molecule has 2 aromatic rings. The number of hydrogen-bond acceptors (Lipinski definition) is 2. The Balaban J connectivity index is 1.98. The second-order valence-electron chi connectivity index (χ2n) is 4.55. The number of benzene rings is 2. The highest BCUT2D eigenvalue weighted by molar-refractivity contribution is 9.10. The van der Waals surface area contributed by atoms with Gasteiger partial charge in [-0.05, 0) is 51.8 Å². The molecule has 3 rings (SSSR count). The molecule has 0 N–H and O–H groups in total. The molecule has 0 fully saturated rings. The molecule has 1 aliphatic heterocycles. The van der Waals surface area contributed by atoms with Crippen LogP contribution >= 0.6 is 31.9 Å². The number of Topliss-reactive ketones (excluding diaryl/α,β-unsaturated/α-hetero) is 1. The van der Waals surface area contributed by atoms with Crippen molar-refractivity contribution in [1.82, 2.24) is 0 Å². The van der Waals surface area contributed by atoms with E-state index >= 15 is 0 Å². The van der Waals surface area contributed by atoms with Gasteiger partial charge < -0.3 is 4.74 Å². The lowest BCUT2D eigenvalue weighted by atomic mass is 9.96. The Bertz CT molecular complexity index is 700. The van der Waals surface area contributed by atoms with E-state index in [1.807, 2.05) is 6.07 Å². The van der Waals surface area contributed by atoms with E-state index in [1.165, 1.54) is 6.07 Å². The van der Waals surface area contributed by atoms with Crippen LogP contribution in [0.5, 0.6) is 5.75 Å². The normalized spacial score (nSPS) is 17.6. The van der Waals surface area contributed by atoms with E-state index in [4.69, 9.17) is 4.74 Å². The zero-order valence-corrected chi connectivity index (χ0v) is 13.4. The number of carbonyl (C=O) groups excluding carboxylic acids is 1. The predicted octanol–water partition coefficient (Wildman–Crippen LogP) is 5.06. The van der Waals surface area contributed by atoms with Crippen LogP contribution < -0.4 is 4.74 Å². The Morgan fingerprint density at radius 3 is 2.70 bits per heavy atom. The van der Waals surface area contributed by atoms with Crippen molar-refractivity contribution in [3.05, 3.63) is 62.3 Å². The highest BCUT2D eigenvalue weighted by atomic mass is 79.9. The fraction of sp³-hybridized carbons (Fsp3) is 0.133. The van der Waals surface area contributed by atoms with Crippen molar-refractivity contribution >= 4 is 37.6 Å². The van der Waals surface area contributed by atoms with Crippen LogP contribution in [-0.2, 0) is 0 Å². The van der Waals surface area contributed by atoms with E-state index in [2.05, 4.69) is 31.9 Å². The van der Waals surface area contributed by atoms with Gasteiger partial charge in [0.15, 0.2) is 5.78 Å². The predicted molar refractivity (Wildman–Crippen MR) is 80.6 cm³/mol. The molecule has 0 aliphatic carbocycles. The average Bonchev–Trinajstić information content (AvgIpc) is 2.41. The van der Waals surface area contributed by atoms with E-state index in [0.717, 1.165) is 10.0 Å². The van der Waals surface area contributed by atoms with Crippen molar-refractivity contribution < 1.29 is 13.9 Å². The number of ketones is 1. The second kappa shape index (κ2) is 5.30. The molecule has 1 heterocycles. The van der Waals surface area contributed by atoms with E-state index in [9.17, 15) is 9.18 Å². The molecule has 0 radical (unpaired) electrons. The summed E-state index contributed by atoms with van der Waals surface area (Å²) in [7, 11) is 0. The first-order chi connectivity index (χ1) is 9.54. The Morgan fingerprint density at radius 1 is 1.15 bits per heavy atom. The van der Waals surface area contributed by atoms with Crippen molar-refractivity contribution in [2.75, 3.05) is 0 Å². The monoisotopic (exact) mass is 398 g/mol. The summed E-state index contributed by atoms with van der Waals surface area (Å²) < 4.78 is 20.4. The van der Waals surface area contributed by atoms with Crippen LogP contribution in [0.25, 0.3) is 0 Å². The Labute approximate surface area is 132 Å². The second-order valence-corrected chi connectivity index (χ2v) is 6.32. The van der Waals surface area contributed by atoms with Gasteiger partial charge in [-0.15, -0.1) is 0 Å². The van der Waals surface area contributed by atoms with Gasteiger partial charge in [-0.3, -0.25) is 4.79 Å². The molecule has 1 atom stereocenters. The minimum atomic E-state index is -0.388. The minimum Gasteiger partial charge on any atom is -0.484 e. The maximum Gasteiger partial charge on any atom is 0.170 e. The van der Waals surface area contributed by atoms with Gasteiger partial charge in [0, 0.05) is 4.47 Å². The summed E-state index contributed by atoms with van der Waals surface area (Å²) in [4.78, 5) is 12.2. The standard InChI is InChI=1S/C15H9Br2FO2/c16-9-2-3-10-13(19)7-14(20-15(10)6-9)8-1-4-12(18)11(17)5-8/h1-6,14H,7H2. The van der Waals surface area contributed by atoms with Crippen LogP contribution in [0.4, 0.5) is 4.39 Å². The molecule has 0 amide bonds. The molecule has 2 aromatic carbocycles. The highest BCUT2D eigenvalue weighted by Crippen LogP contribution is 2.37. The molecule has 0 saturated heterocycles. The molecule has 0 spiro atoms. The lowest BCUT2D eigenvalue weighted by Crippen LogP contribution is -2.20. The van der Waals surface area contributed by atoms with E-state index in [1.54, 1.807) is 24.3 Å². The van der Waals surface area contributed by atoms with Gasteiger partial charge in [-0.25, -0.2) is 4.39 Å². The third kappa shape index (κ3) is 2.52. The van der Waals surface area contributed by atoms with Crippen LogP contribution in [0.2, 0.25) is 0 Å². The van der Waals surface area contributed by atoms with Crippen molar-refractivity contribution in [2.24, 2.45) is 0 Å². The van der Waals surface area contributed by atoms with E-state index in [0.29, 0.717) is 15.8 Å². The first-order valence-electron chi connectivity index (χ1n) is 5.99. The first kappa shape index (κ1) is 13.8. The summed E-state index contributed by atoms with van der Waals surface area (Å²) in [5, 5.41) is 0. The molecule has 2 nitrogen and oxygen atoms in total. The van der Waals surface area contributed by atoms with Gasteiger partial charge in [-0.1, -0.05) is 22.0 Å². The molecule has 1 unspecified atom stereocenters. The van der Waals surface area contributed by atoms with Crippen LogP contribution in [0, 0.1) is 5.82 Å². The van der Waals surface area contributed by atoms with Gasteiger partial charge in [-0.2, -0.15) is 0 Å². The maximum atomic E-state index is 13.3. The molecule has 5 heteroatoms. The van der Waals surface area contributed by atoms with Crippen LogP contribution in [0.1, 0.15) is 28.4 Å². The van der Waals surface area contributed by atoms with Crippen molar-refractivity contribution in [2.45, 2.75) is 12.5 Å². The number of halogens is 3. The molecular weight excluding hydrogens is 391 g/mol. The summed E-state index contributed by atoms with van der Waals surface area (Å²) >= 11 is 6.51. The highest BCUT2D eigenvalue weighted by Gasteiger charge is 2.28. The Morgan fingerprint density at radius 2 is 1.95 bits per heavy atom. The number of ether oxygens (including phenoxy) is 1. The summed E-state index contributed by atoms with van der Waals surface area (Å²) in [5.41, 5.74) is 1.36. The summed E-state index contributed by atoms with van der Waals surface area (Å²) in [6.45, 7) is 0. The number of carbonyl (C=O) groups is 1. The first-order valence-corrected chi connectivity index (χ1v) is 7.57. The zero-order chi connectivity index (χ0) is 14.3. The zero-order valence-electron chi connectivity index (χ0n) is 10.2. The molecule has 0 saturated carbocycles. The molecule has 0 bridgehead atoms. The maximum absolute atomic E-state index is 13.3. The SMILES string of the molecule is O=C1CC(c2ccc(F)c(Br)c2)Oc2cc(Br)ccc21. The number of hydrogen-bond donors (Lipinski definition) is 0. The topological polar surface area (TPSA) is 26.3 Å². The summed E-state index contributed by atoms with van der Waals surface area (Å²) in [6.07, 6.45) is -0.131. The van der Waals surface area contributed by atoms with E-state index in [-0.39, 0.29) is 24.1 Å². The minimum absolute atomic E-state index is 0.0317. The molecule has 1 aliphatic rings. The Kier molecular flexibility index (Phi) is 3.65. The number of rotatable bonds is 1. The Hall–Kier alpha value is -1.20. The molecule has 102 valence electrons. The van der Waals surface area contributed by atoms with Gasteiger partial charge in [0.1, 0.15) is 17.7 Å². The van der Waals surface area contributed by atoms with E-state index < -0.39 is 0 Å². The van der Waals surface area contributed by atoms with Crippen LogP contribution in [-0.4, -0.2) is 5.78 Å². The van der Waals surface area contributed by atoms with Crippen molar-refractivity contribution in [1.29, 1.82) is 0 Å². The van der Waals surface area contributed by atoms with Gasteiger partial charge in [0.25, 0.3) is 0 Å². The van der Waals surface area contributed by atoms with Crippen molar-refractivity contribution in [3.63, 3.8) is 0 Å². The van der Waals surface area contributed by atoms with Crippen LogP contribution in [0.15, 0.2) is 45.3 Å². The number of fused-ring (bicyclic) bond motifs is 1. The van der Waals surface area contributed by atoms with Gasteiger partial charge >= 0.3 is 0 Å². The lowest BCUT2D eigenvalue weighted by Gasteiger charge is -2.25.